The van der Waals surface area contributed by atoms with E-state index in [1.807, 2.05) is 0 Å². The Kier molecular flexibility index (Phi) is 6.11. The van der Waals surface area contributed by atoms with Crippen LogP contribution in [0.2, 0.25) is 0 Å². The first-order valence-electron chi connectivity index (χ1n) is 7.89. The highest BCUT2D eigenvalue weighted by Gasteiger charge is 2.33. The van der Waals surface area contributed by atoms with Gasteiger partial charge in [-0.25, -0.2) is 0 Å². The number of nitrogens with zero attached hydrogens (tertiary/aromatic N) is 1. The summed E-state index contributed by atoms with van der Waals surface area (Å²) in [5, 5.41) is 11.8. The van der Waals surface area contributed by atoms with Crippen molar-refractivity contribution in [2.24, 2.45) is 5.92 Å². The number of amides is 2. The molecule has 2 amide bonds. The molecule has 124 valence electrons. The van der Waals surface area contributed by atoms with Crippen molar-refractivity contribution in [1.82, 2.24) is 10.2 Å². The quantitative estimate of drug-likeness (QED) is 0.789. The predicted octanol–water partition coefficient (Wildman–Crippen LogP) is 1.10. The molecule has 0 bridgehead atoms. The Balaban J connectivity index is 1.92. The normalized spacial score (nSPS) is 24.0. The molecule has 1 aliphatic carbocycles. The van der Waals surface area contributed by atoms with Crippen LogP contribution in [0.1, 0.15) is 39.0 Å². The SMILES string of the molecule is CC(NC(=O)C1CCCC1)C(=O)N1CCSCC1CC(=O)O. The summed E-state index contributed by atoms with van der Waals surface area (Å²) in [7, 11) is 0. The summed E-state index contributed by atoms with van der Waals surface area (Å²) in [4.78, 5) is 37.2. The van der Waals surface area contributed by atoms with E-state index < -0.39 is 12.0 Å². The number of carbonyl (C=O) groups excluding carboxylic acids is 2. The van der Waals surface area contributed by atoms with E-state index in [0.717, 1.165) is 31.4 Å². The molecule has 1 heterocycles. The number of rotatable bonds is 5. The maximum atomic E-state index is 12.5. The van der Waals surface area contributed by atoms with Crippen LogP contribution in [0.4, 0.5) is 0 Å². The van der Waals surface area contributed by atoms with Crippen LogP contribution in [-0.4, -0.2) is 57.9 Å². The lowest BCUT2D eigenvalue weighted by Crippen LogP contribution is -2.54. The molecule has 0 aromatic heterocycles. The molecule has 1 saturated carbocycles. The second-order valence-electron chi connectivity index (χ2n) is 6.07. The number of carboxylic acids is 1. The maximum absolute atomic E-state index is 12.5. The molecule has 2 unspecified atom stereocenters. The fourth-order valence-corrected chi connectivity index (χ4v) is 4.21. The minimum atomic E-state index is -0.895. The van der Waals surface area contributed by atoms with Crippen molar-refractivity contribution in [3.8, 4) is 0 Å². The van der Waals surface area contributed by atoms with Crippen LogP contribution in [0.3, 0.4) is 0 Å². The van der Waals surface area contributed by atoms with Gasteiger partial charge in [-0.2, -0.15) is 11.8 Å². The largest absolute Gasteiger partial charge is 0.481 e. The van der Waals surface area contributed by atoms with E-state index in [2.05, 4.69) is 5.32 Å². The van der Waals surface area contributed by atoms with Crippen LogP contribution in [0, 0.1) is 5.92 Å². The number of thioether (sulfide) groups is 1. The molecule has 0 radical (unpaired) electrons. The van der Waals surface area contributed by atoms with Crippen molar-refractivity contribution in [2.75, 3.05) is 18.1 Å². The average molecular weight is 328 g/mol. The number of hydrogen-bond acceptors (Lipinski definition) is 4. The van der Waals surface area contributed by atoms with Gasteiger partial charge >= 0.3 is 5.97 Å². The minimum Gasteiger partial charge on any atom is -0.481 e. The first-order chi connectivity index (χ1) is 10.5. The van der Waals surface area contributed by atoms with Gasteiger partial charge in [0.05, 0.1) is 12.5 Å². The summed E-state index contributed by atoms with van der Waals surface area (Å²) in [5.74, 6) is 0.374. The highest BCUT2D eigenvalue weighted by molar-refractivity contribution is 7.99. The molecule has 7 heteroatoms. The average Bonchev–Trinajstić information content (AvgIpc) is 3.00. The third kappa shape index (κ3) is 4.38. The van der Waals surface area contributed by atoms with Gasteiger partial charge in [0.15, 0.2) is 0 Å². The number of nitrogens with one attached hydrogen (secondary N) is 1. The third-order valence-electron chi connectivity index (χ3n) is 4.38. The van der Waals surface area contributed by atoms with Gasteiger partial charge in [0.2, 0.25) is 11.8 Å². The molecule has 0 aromatic rings. The van der Waals surface area contributed by atoms with Crippen LogP contribution < -0.4 is 5.32 Å². The van der Waals surface area contributed by atoms with E-state index >= 15 is 0 Å². The number of hydrogen-bond donors (Lipinski definition) is 2. The Morgan fingerprint density at radius 1 is 1.32 bits per heavy atom. The zero-order chi connectivity index (χ0) is 16.1. The fourth-order valence-electron chi connectivity index (χ4n) is 3.15. The minimum absolute atomic E-state index is 0.0296. The molecule has 1 aliphatic heterocycles. The molecular formula is C15H24N2O4S. The van der Waals surface area contributed by atoms with E-state index in [9.17, 15) is 14.4 Å². The van der Waals surface area contributed by atoms with Gasteiger partial charge in [0, 0.05) is 24.0 Å². The summed E-state index contributed by atoms with van der Waals surface area (Å²) in [6, 6.07) is -0.873. The molecule has 2 fully saturated rings. The zero-order valence-electron chi connectivity index (χ0n) is 12.9. The van der Waals surface area contributed by atoms with Crippen LogP contribution >= 0.6 is 11.8 Å². The molecule has 2 rings (SSSR count). The molecule has 1 saturated heterocycles. The molecule has 6 nitrogen and oxygen atoms in total. The summed E-state index contributed by atoms with van der Waals surface area (Å²) in [6.45, 7) is 2.24. The first-order valence-corrected chi connectivity index (χ1v) is 9.05. The lowest BCUT2D eigenvalue weighted by Gasteiger charge is -2.36. The van der Waals surface area contributed by atoms with Crippen molar-refractivity contribution >= 4 is 29.5 Å². The molecule has 2 aliphatic rings. The molecule has 2 N–H and O–H groups in total. The summed E-state index contributed by atoms with van der Waals surface area (Å²) < 4.78 is 0. The van der Waals surface area contributed by atoms with E-state index in [4.69, 9.17) is 5.11 Å². The Morgan fingerprint density at radius 3 is 2.64 bits per heavy atom. The number of carboxylic acid groups (broad SMARTS) is 1. The zero-order valence-corrected chi connectivity index (χ0v) is 13.7. The Bertz CT molecular complexity index is 437. The predicted molar refractivity (Wildman–Crippen MR) is 84.6 cm³/mol. The van der Waals surface area contributed by atoms with Crippen LogP contribution in [0.5, 0.6) is 0 Å². The van der Waals surface area contributed by atoms with Gasteiger partial charge < -0.3 is 15.3 Å². The van der Waals surface area contributed by atoms with Crippen molar-refractivity contribution in [2.45, 2.75) is 51.1 Å². The second kappa shape index (κ2) is 7.85. The van der Waals surface area contributed by atoms with Gasteiger partial charge in [-0.1, -0.05) is 12.8 Å². The number of carbonyl (C=O) groups is 3. The third-order valence-corrected chi connectivity index (χ3v) is 5.47. The van der Waals surface area contributed by atoms with E-state index in [1.54, 1.807) is 23.6 Å². The van der Waals surface area contributed by atoms with Crippen LogP contribution in [0.15, 0.2) is 0 Å². The monoisotopic (exact) mass is 328 g/mol. The summed E-state index contributed by atoms with van der Waals surface area (Å²) in [5.41, 5.74) is 0. The van der Waals surface area contributed by atoms with Gasteiger partial charge in [0.1, 0.15) is 6.04 Å². The van der Waals surface area contributed by atoms with Crippen LogP contribution in [-0.2, 0) is 14.4 Å². The second-order valence-corrected chi connectivity index (χ2v) is 7.22. The Hall–Kier alpha value is -1.24. The molecule has 22 heavy (non-hydrogen) atoms. The van der Waals surface area contributed by atoms with Crippen LogP contribution in [0.25, 0.3) is 0 Å². The van der Waals surface area contributed by atoms with Crippen molar-refractivity contribution in [1.29, 1.82) is 0 Å². The van der Waals surface area contributed by atoms with Crippen molar-refractivity contribution < 1.29 is 19.5 Å². The molecule has 0 aromatic carbocycles. The topological polar surface area (TPSA) is 86.7 Å². The van der Waals surface area contributed by atoms with E-state index in [-0.39, 0.29) is 30.2 Å². The van der Waals surface area contributed by atoms with E-state index in [1.165, 1.54) is 0 Å². The lowest BCUT2D eigenvalue weighted by molar-refractivity contribution is -0.142. The van der Waals surface area contributed by atoms with Gasteiger partial charge in [-0.15, -0.1) is 0 Å². The van der Waals surface area contributed by atoms with Crippen molar-refractivity contribution in [3.63, 3.8) is 0 Å². The van der Waals surface area contributed by atoms with E-state index in [0.29, 0.717) is 12.3 Å². The first kappa shape index (κ1) is 17.1. The molecule has 2 atom stereocenters. The smallest absolute Gasteiger partial charge is 0.305 e. The summed E-state index contributed by atoms with van der Waals surface area (Å²) in [6.07, 6.45) is 3.90. The Morgan fingerprint density at radius 2 is 2.00 bits per heavy atom. The standard InChI is InChI=1S/C15H24N2O4S/c1-10(16-14(20)11-4-2-3-5-11)15(21)17-6-7-22-9-12(17)8-13(18)19/h10-12H,2-9H2,1H3,(H,16,20)(H,18,19). The maximum Gasteiger partial charge on any atom is 0.305 e. The number of aliphatic carboxylic acids is 1. The lowest BCUT2D eigenvalue weighted by atomic mass is 10.1. The van der Waals surface area contributed by atoms with Gasteiger partial charge in [-0.05, 0) is 19.8 Å². The fraction of sp³-hybridized carbons (Fsp3) is 0.800. The Labute approximate surface area is 135 Å². The highest BCUT2D eigenvalue weighted by atomic mass is 32.2. The van der Waals surface area contributed by atoms with Gasteiger partial charge in [-0.3, -0.25) is 14.4 Å². The van der Waals surface area contributed by atoms with Crippen molar-refractivity contribution in [3.05, 3.63) is 0 Å². The summed E-state index contributed by atoms with van der Waals surface area (Å²) >= 11 is 1.67. The van der Waals surface area contributed by atoms with Gasteiger partial charge in [0.25, 0.3) is 0 Å². The molecule has 0 spiro atoms. The highest BCUT2D eigenvalue weighted by Crippen LogP contribution is 2.25. The molecular weight excluding hydrogens is 304 g/mol.